The minimum Gasteiger partial charge on any atom is -0.330 e. The van der Waals surface area contributed by atoms with E-state index in [1.54, 1.807) is 0 Å². The fourth-order valence-electron chi connectivity index (χ4n) is 2.01. The highest BCUT2D eigenvalue weighted by Crippen LogP contribution is 2.08. The van der Waals surface area contributed by atoms with E-state index in [0.717, 1.165) is 18.8 Å². The Morgan fingerprint density at radius 3 is 2.25 bits per heavy atom. The Balaban J connectivity index is 2.05. The van der Waals surface area contributed by atoms with Gasteiger partial charge < -0.3 is 5.73 Å². The average molecular weight is 223 g/mol. The first kappa shape index (κ1) is 13.2. The molecule has 0 radical (unpaired) electrons. The van der Waals surface area contributed by atoms with Crippen LogP contribution in [-0.4, -0.2) is 16.3 Å². The highest BCUT2D eigenvalue weighted by atomic mass is 15.3. The van der Waals surface area contributed by atoms with Crippen molar-refractivity contribution in [2.45, 2.75) is 58.9 Å². The van der Waals surface area contributed by atoms with Gasteiger partial charge >= 0.3 is 0 Å². The summed E-state index contributed by atoms with van der Waals surface area (Å²) < 4.78 is 2.12. The summed E-state index contributed by atoms with van der Waals surface area (Å²) in [7, 11) is 0. The van der Waals surface area contributed by atoms with E-state index in [4.69, 9.17) is 5.73 Å². The number of hydrogen-bond acceptors (Lipinski definition) is 2. The van der Waals surface area contributed by atoms with Gasteiger partial charge in [-0.05, 0) is 39.3 Å². The van der Waals surface area contributed by atoms with Crippen LogP contribution in [0.15, 0.2) is 6.07 Å². The molecule has 92 valence electrons. The lowest BCUT2D eigenvalue weighted by molar-refractivity contribution is 0.516. The zero-order chi connectivity index (χ0) is 11.8. The van der Waals surface area contributed by atoms with Crippen LogP contribution in [0, 0.1) is 13.8 Å². The monoisotopic (exact) mass is 223 g/mol. The van der Waals surface area contributed by atoms with Gasteiger partial charge in [0.05, 0.1) is 5.69 Å². The molecule has 1 aromatic heterocycles. The minimum absolute atomic E-state index is 0.839. The standard InChI is InChI=1S/C13H25N3/c1-12-11-13(2)16(15-12)10-8-6-4-3-5-7-9-14/h11H,3-10,14H2,1-2H3. The van der Waals surface area contributed by atoms with Gasteiger partial charge in [0.25, 0.3) is 0 Å². The summed E-state index contributed by atoms with van der Waals surface area (Å²) in [6, 6.07) is 2.14. The van der Waals surface area contributed by atoms with Gasteiger partial charge in [-0.3, -0.25) is 4.68 Å². The molecule has 2 N–H and O–H groups in total. The van der Waals surface area contributed by atoms with Crippen molar-refractivity contribution in [3.05, 3.63) is 17.5 Å². The van der Waals surface area contributed by atoms with Crippen LogP contribution in [0.2, 0.25) is 0 Å². The van der Waals surface area contributed by atoms with E-state index in [1.165, 1.54) is 44.2 Å². The predicted molar refractivity (Wildman–Crippen MR) is 68.5 cm³/mol. The zero-order valence-corrected chi connectivity index (χ0v) is 10.7. The topological polar surface area (TPSA) is 43.8 Å². The van der Waals surface area contributed by atoms with E-state index >= 15 is 0 Å². The van der Waals surface area contributed by atoms with Gasteiger partial charge in [0, 0.05) is 12.2 Å². The highest BCUT2D eigenvalue weighted by Gasteiger charge is 1.99. The Morgan fingerprint density at radius 2 is 1.69 bits per heavy atom. The molecule has 16 heavy (non-hydrogen) atoms. The Kier molecular flexibility index (Phi) is 6.16. The molecule has 1 heterocycles. The zero-order valence-electron chi connectivity index (χ0n) is 10.7. The molecule has 0 saturated heterocycles. The fraction of sp³-hybridized carbons (Fsp3) is 0.769. The van der Waals surface area contributed by atoms with E-state index in [-0.39, 0.29) is 0 Å². The molecule has 1 rings (SSSR count). The van der Waals surface area contributed by atoms with Crippen LogP contribution < -0.4 is 5.73 Å². The summed E-state index contributed by atoms with van der Waals surface area (Å²) in [5.74, 6) is 0. The lowest BCUT2D eigenvalue weighted by Crippen LogP contribution is -2.02. The first-order valence-corrected chi connectivity index (χ1v) is 6.45. The molecule has 0 aliphatic rings. The molecule has 0 spiro atoms. The summed E-state index contributed by atoms with van der Waals surface area (Å²) in [5, 5.41) is 4.46. The number of nitrogens with zero attached hydrogens (tertiary/aromatic N) is 2. The fourth-order valence-corrected chi connectivity index (χ4v) is 2.01. The second kappa shape index (κ2) is 7.44. The smallest absolute Gasteiger partial charge is 0.0596 e. The van der Waals surface area contributed by atoms with Gasteiger partial charge in [0.15, 0.2) is 0 Å². The second-order valence-corrected chi connectivity index (χ2v) is 4.56. The van der Waals surface area contributed by atoms with Gasteiger partial charge in [-0.1, -0.05) is 25.7 Å². The van der Waals surface area contributed by atoms with Gasteiger partial charge in [0.1, 0.15) is 0 Å². The van der Waals surface area contributed by atoms with Crippen molar-refractivity contribution in [3.63, 3.8) is 0 Å². The number of aromatic nitrogens is 2. The molecule has 0 atom stereocenters. The van der Waals surface area contributed by atoms with Gasteiger partial charge in [-0.2, -0.15) is 5.10 Å². The molecule has 0 bridgehead atoms. The molecule has 0 aromatic carbocycles. The lowest BCUT2D eigenvalue weighted by atomic mass is 10.1. The van der Waals surface area contributed by atoms with E-state index in [2.05, 4.69) is 29.7 Å². The molecule has 0 aliphatic heterocycles. The normalized spacial score (nSPS) is 10.9. The van der Waals surface area contributed by atoms with Crippen LogP contribution >= 0.6 is 0 Å². The second-order valence-electron chi connectivity index (χ2n) is 4.56. The SMILES string of the molecule is Cc1cc(C)n(CCCCCCCCN)n1. The van der Waals surface area contributed by atoms with Crippen LogP contribution in [-0.2, 0) is 6.54 Å². The Labute approximate surface area is 99.0 Å². The first-order chi connectivity index (χ1) is 7.74. The van der Waals surface area contributed by atoms with Crippen molar-refractivity contribution in [2.75, 3.05) is 6.54 Å². The van der Waals surface area contributed by atoms with Crippen molar-refractivity contribution < 1.29 is 0 Å². The quantitative estimate of drug-likeness (QED) is 0.689. The Bertz CT molecular complexity index is 291. The van der Waals surface area contributed by atoms with Crippen molar-refractivity contribution >= 4 is 0 Å². The molecule has 1 aromatic rings. The minimum atomic E-state index is 0.839. The van der Waals surface area contributed by atoms with E-state index in [0.29, 0.717) is 0 Å². The summed E-state index contributed by atoms with van der Waals surface area (Å²) in [4.78, 5) is 0. The van der Waals surface area contributed by atoms with Crippen molar-refractivity contribution in [2.24, 2.45) is 5.73 Å². The van der Waals surface area contributed by atoms with E-state index in [1.807, 2.05) is 0 Å². The number of unbranched alkanes of at least 4 members (excludes halogenated alkanes) is 5. The summed E-state index contributed by atoms with van der Waals surface area (Å²) in [5.41, 5.74) is 7.86. The third kappa shape index (κ3) is 4.79. The van der Waals surface area contributed by atoms with Crippen LogP contribution in [0.25, 0.3) is 0 Å². The Hall–Kier alpha value is -0.830. The third-order valence-electron chi connectivity index (χ3n) is 2.93. The van der Waals surface area contributed by atoms with Crippen molar-refractivity contribution in [1.82, 2.24) is 9.78 Å². The van der Waals surface area contributed by atoms with Crippen LogP contribution in [0.1, 0.15) is 49.9 Å². The molecular formula is C13H25N3. The number of nitrogens with two attached hydrogens (primary N) is 1. The maximum atomic E-state index is 5.45. The van der Waals surface area contributed by atoms with Crippen LogP contribution in [0.4, 0.5) is 0 Å². The number of aryl methyl sites for hydroxylation is 3. The molecule has 0 aliphatic carbocycles. The third-order valence-corrected chi connectivity index (χ3v) is 2.93. The molecule has 0 amide bonds. The van der Waals surface area contributed by atoms with Crippen molar-refractivity contribution in [3.8, 4) is 0 Å². The van der Waals surface area contributed by atoms with E-state index in [9.17, 15) is 0 Å². The van der Waals surface area contributed by atoms with Gasteiger partial charge in [-0.25, -0.2) is 0 Å². The Morgan fingerprint density at radius 1 is 1.06 bits per heavy atom. The average Bonchev–Trinajstić information content (AvgIpc) is 2.56. The largest absolute Gasteiger partial charge is 0.330 e. The summed E-state index contributed by atoms with van der Waals surface area (Å²) in [6.45, 7) is 6.08. The van der Waals surface area contributed by atoms with Crippen LogP contribution in [0.5, 0.6) is 0 Å². The molecule has 0 unspecified atom stereocenters. The van der Waals surface area contributed by atoms with Gasteiger partial charge in [0.2, 0.25) is 0 Å². The molecule has 3 nitrogen and oxygen atoms in total. The maximum Gasteiger partial charge on any atom is 0.0596 e. The number of rotatable bonds is 8. The molecule has 0 saturated carbocycles. The summed E-state index contributed by atoms with van der Waals surface area (Å²) >= 11 is 0. The molecule has 0 fully saturated rings. The molecular weight excluding hydrogens is 198 g/mol. The highest BCUT2D eigenvalue weighted by molar-refractivity contribution is 5.06. The molecule has 3 heteroatoms. The predicted octanol–water partition coefficient (Wildman–Crippen LogP) is 2.80. The first-order valence-electron chi connectivity index (χ1n) is 6.45. The van der Waals surface area contributed by atoms with E-state index < -0.39 is 0 Å². The van der Waals surface area contributed by atoms with Crippen LogP contribution in [0.3, 0.4) is 0 Å². The summed E-state index contributed by atoms with van der Waals surface area (Å²) in [6.07, 6.45) is 7.68. The number of hydrogen-bond donors (Lipinski definition) is 1. The van der Waals surface area contributed by atoms with Crippen molar-refractivity contribution in [1.29, 1.82) is 0 Å². The van der Waals surface area contributed by atoms with Gasteiger partial charge in [-0.15, -0.1) is 0 Å². The maximum absolute atomic E-state index is 5.45. The lowest BCUT2D eigenvalue weighted by Gasteiger charge is -2.04.